The lowest BCUT2D eigenvalue weighted by Gasteiger charge is -2.24. The molecule has 0 radical (unpaired) electrons. The van der Waals surface area contributed by atoms with Crippen molar-refractivity contribution in [3.8, 4) is 0 Å². The normalized spacial score (nSPS) is 17.3. The number of alkyl halides is 1. The molecule has 14 heavy (non-hydrogen) atoms. The highest BCUT2D eigenvalue weighted by molar-refractivity contribution is 6.17. The van der Waals surface area contributed by atoms with Gasteiger partial charge in [0, 0.05) is 25.4 Å². The number of hydrogen-bond acceptors (Lipinski definition) is 1. The van der Waals surface area contributed by atoms with Crippen LogP contribution in [0.2, 0.25) is 0 Å². The van der Waals surface area contributed by atoms with Crippen LogP contribution in [0, 0.1) is 0 Å². The van der Waals surface area contributed by atoms with Gasteiger partial charge in [-0.3, -0.25) is 4.79 Å². The standard InChI is InChI=1S/C11H20ClNO/c1-13(10-6-2-3-7-10)11(14)8-4-5-9-12/h10H,2-9H2,1H3. The van der Waals surface area contributed by atoms with Crippen molar-refractivity contribution < 1.29 is 4.79 Å². The lowest BCUT2D eigenvalue weighted by atomic mass is 10.2. The zero-order valence-electron chi connectivity index (χ0n) is 8.97. The summed E-state index contributed by atoms with van der Waals surface area (Å²) in [5.41, 5.74) is 0. The predicted octanol–water partition coefficient (Wildman–Crippen LogP) is 2.80. The first-order valence-electron chi connectivity index (χ1n) is 5.57. The van der Waals surface area contributed by atoms with E-state index in [1.807, 2.05) is 11.9 Å². The Morgan fingerprint density at radius 2 is 2.00 bits per heavy atom. The molecule has 0 N–H and O–H groups in total. The van der Waals surface area contributed by atoms with Gasteiger partial charge in [-0.05, 0) is 25.7 Å². The molecule has 82 valence electrons. The van der Waals surface area contributed by atoms with Crippen LogP contribution >= 0.6 is 11.6 Å². The Labute approximate surface area is 91.6 Å². The maximum Gasteiger partial charge on any atom is 0.222 e. The van der Waals surface area contributed by atoms with Crippen LogP contribution in [-0.4, -0.2) is 29.8 Å². The molecule has 0 atom stereocenters. The average Bonchev–Trinajstić information content (AvgIpc) is 2.69. The number of carbonyl (C=O) groups is 1. The van der Waals surface area contributed by atoms with Crippen molar-refractivity contribution in [1.82, 2.24) is 4.90 Å². The second-order valence-electron chi connectivity index (χ2n) is 4.09. The number of unbranched alkanes of at least 4 members (excludes halogenated alkanes) is 1. The molecule has 0 aromatic carbocycles. The van der Waals surface area contributed by atoms with Crippen LogP contribution in [-0.2, 0) is 4.79 Å². The largest absolute Gasteiger partial charge is 0.343 e. The van der Waals surface area contributed by atoms with E-state index in [1.165, 1.54) is 25.7 Å². The Morgan fingerprint density at radius 3 is 2.57 bits per heavy atom. The van der Waals surface area contributed by atoms with Crippen LogP contribution < -0.4 is 0 Å². The molecule has 3 heteroatoms. The Kier molecular flexibility index (Phi) is 5.31. The van der Waals surface area contributed by atoms with E-state index in [1.54, 1.807) is 0 Å². The highest BCUT2D eigenvalue weighted by Crippen LogP contribution is 2.22. The molecule has 1 fully saturated rings. The van der Waals surface area contributed by atoms with Gasteiger partial charge < -0.3 is 4.90 Å². The molecule has 0 bridgehead atoms. The van der Waals surface area contributed by atoms with Crippen molar-refractivity contribution in [1.29, 1.82) is 0 Å². The third kappa shape index (κ3) is 3.49. The van der Waals surface area contributed by atoms with E-state index in [0.717, 1.165) is 12.8 Å². The maximum absolute atomic E-state index is 11.7. The number of nitrogens with zero attached hydrogens (tertiary/aromatic N) is 1. The fourth-order valence-electron chi connectivity index (χ4n) is 2.04. The number of amides is 1. The molecule has 1 aliphatic carbocycles. The predicted molar refractivity (Wildman–Crippen MR) is 59.6 cm³/mol. The molecule has 0 heterocycles. The van der Waals surface area contributed by atoms with E-state index < -0.39 is 0 Å². The average molecular weight is 218 g/mol. The Balaban J connectivity index is 2.21. The molecular formula is C11H20ClNO. The SMILES string of the molecule is CN(C(=O)CCCCCl)C1CCCC1. The Morgan fingerprint density at radius 1 is 1.36 bits per heavy atom. The van der Waals surface area contributed by atoms with Crippen molar-refractivity contribution in [2.45, 2.75) is 51.0 Å². The summed E-state index contributed by atoms with van der Waals surface area (Å²) in [7, 11) is 1.94. The number of halogens is 1. The third-order valence-electron chi connectivity index (χ3n) is 3.04. The first-order valence-corrected chi connectivity index (χ1v) is 6.10. The molecule has 1 saturated carbocycles. The Bertz CT molecular complexity index is 178. The van der Waals surface area contributed by atoms with Gasteiger partial charge in [0.2, 0.25) is 5.91 Å². The first kappa shape index (κ1) is 11.8. The fraction of sp³-hybridized carbons (Fsp3) is 0.909. The molecule has 2 nitrogen and oxygen atoms in total. The smallest absolute Gasteiger partial charge is 0.222 e. The van der Waals surface area contributed by atoms with Crippen LogP contribution in [0.5, 0.6) is 0 Å². The summed E-state index contributed by atoms with van der Waals surface area (Å²) < 4.78 is 0. The molecule has 0 aliphatic heterocycles. The molecule has 0 saturated heterocycles. The van der Waals surface area contributed by atoms with Crippen molar-refractivity contribution in [3.63, 3.8) is 0 Å². The molecule has 0 spiro atoms. The summed E-state index contributed by atoms with van der Waals surface area (Å²) in [5, 5.41) is 0. The van der Waals surface area contributed by atoms with Gasteiger partial charge in [-0.25, -0.2) is 0 Å². The van der Waals surface area contributed by atoms with Gasteiger partial charge in [0.1, 0.15) is 0 Å². The van der Waals surface area contributed by atoms with Gasteiger partial charge in [0.15, 0.2) is 0 Å². The molecule has 0 unspecified atom stereocenters. The highest BCUT2D eigenvalue weighted by atomic mass is 35.5. The van der Waals surface area contributed by atoms with Gasteiger partial charge >= 0.3 is 0 Å². The fourth-order valence-corrected chi connectivity index (χ4v) is 2.23. The summed E-state index contributed by atoms with van der Waals surface area (Å²) in [5.74, 6) is 0.961. The molecule has 1 rings (SSSR count). The minimum absolute atomic E-state index is 0.294. The zero-order chi connectivity index (χ0) is 10.4. The monoisotopic (exact) mass is 217 g/mol. The van der Waals surface area contributed by atoms with E-state index >= 15 is 0 Å². The van der Waals surface area contributed by atoms with Crippen molar-refractivity contribution in [2.24, 2.45) is 0 Å². The minimum atomic E-state index is 0.294. The minimum Gasteiger partial charge on any atom is -0.343 e. The summed E-state index contributed by atoms with van der Waals surface area (Å²) in [6, 6.07) is 0.513. The molecule has 0 aromatic heterocycles. The van der Waals surface area contributed by atoms with E-state index in [4.69, 9.17) is 11.6 Å². The van der Waals surface area contributed by atoms with E-state index in [-0.39, 0.29) is 0 Å². The summed E-state index contributed by atoms with van der Waals surface area (Å²) >= 11 is 5.57. The molecule has 0 aromatic rings. The van der Waals surface area contributed by atoms with Crippen LogP contribution in [0.4, 0.5) is 0 Å². The van der Waals surface area contributed by atoms with Crippen molar-refractivity contribution in [3.05, 3.63) is 0 Å². The highest BCUT2D eigenvalue weighted by Gasteiger charge is 2.22. The van der Waals surface area contributed by atoms with Crippen molar-refractivity contribution in [2.75, 3.05) is 12.9 Å². The summed E-state index contributed by atoms with van der Waals surface area (Å²) in [6.45, 7) is 0. The van der Waals surface area contributed by atoms with Crippen LogP contribution in [0.15, 0.2) is 0 Å². The van der Waals surface area contributed by atoms with Crippen LogP contribution in [0.25, 0.3) is 0 Å². The summed E-state index contributed by atoms with van der Waals surface area (Å²) in [4.78, 5) is 13.6. The third-order valence-corrected chi connectivity index (χ3v) is 3.31. The first-order chi connectivity index (χ1) is 6.75. The molecule has 1 amide bonds. The zero-order valence-corrected chi connectivity index (χ0v) is 9.72. The second-order valence-corrected chi connectivity index (χ2v) is 4.47. The number of carbonyl (C=O) groups excluding carboxylic acids is 1. The van der Waals surface area contributed by atoms with Gasteiger partial charge in [-0.15, -0.1) is 11.6 Å². The van der Waals surface area contributed by atoms with Gasteiger partial charge in [0.25, 0.3) is 0 Å². The summed E-state index contributed by atoms with van der Waals surface area (Å²) in [6.07, 6.45) is 7.49. The van der Waals surface area contributed by atoms with E-state index in [2.05, 4.69) is 0 Å². The van der Waals surface area contributed by atoms with Gasteiger partial charge in [-0.1, -0.05) is 12.8 Å². The van der Waals surface area contributed by atoms with E-state index in [9.17, 15) is 4.79 Å². The Hall–Kier alpha value is -0.240. The lowest BCUT2D eigenvalue weighted by molar-refractivity contribution is -0.131. The van der Waals surface area contributed by atoms with Crippen molar-refractivity contribution >= 4 is 17.5 Å². The van der Waals surface area contributed by atoms with Gasteiger partial charge in [0.05, 0.1) is 0 Å². The van der Waals surface area contributed by atoms with E-state index in [0.29, 0.717) is 24.2 Å². The molecule has 1 aliphatic rings. The topological polar surface area (TPSA) is 20.3 Å². The van der Waals surface area contributed by atoms with Gasteiger partial charge in [-0.2, -0.15) is 0 Å². The molecular weight excluding hydrogens is 198 g/mol. The quantitative estimate of drug-likeness (QED) is 0.512. The lowest BCUT2D eigenvalue weighted by Crippen LogP contribution is -2.34. The second kappa shape index (κ2) is 6.28. The number of hydrogen-bond donors (Lipinski definition) is 0. The maximum atomic E-state index is 11.7. The number of rotatable bonds is 5. The van der Waals surface area contributed by atoms with Crippen LogP contribution in [0.1, 0.15) is 44.9 Å². The van der Waals surface area contributed by atoms with Crippen LogP contribution in [0.3, 0.4) is 0 Å².